The van der Waals surface area contributed by atoms with E-state index in [1.54, 1.807) is 0 Å². The van der Waals surface area contributed by atoms with Gasteiger partial charge < -0.3 is 10.2 Å². The van der Waals surface area contributed by atoms with Gasteiger partial charge in [0.2, 0.25) is 0 Å². The average molecular weight is 212 g/mol. The van der Waals surface area contributed by atoms with Crippen molar-refractivity contribution in [1.82, 2.24) is 0 Å². The van der Waals surface area contributed by atoms with Gasteiger partial charge in [-0.2, -0.15) is 0 Å². The molecule has 0 amide bonds. The van der Waals surface area contributed by atoms with Gasteiger partial charge in [-0.05, 0) is 37.5 Å². The summed E-state index contributed by atoms with van der Waals surface area (Å²) >= 11 is 0. The lowest BCUT2D eigenvalue weighted by Crippen LogP contribution is -2.44. The van der Waals surface area contributed by atoms with E-state index in [2.05, 4.69) is 0 Å². The monoisotopic (exact) mass is 212 g/mol. The van der Waals surface area contributed by atoms with Crippen LogP contribution in [0.25, 0.3) is 0 Å². The van der Waals surface area contributed by atoms with Gasteiger partial charge in [0.1, 0.15) is 0 Å². The minimum absolute atomic E-state index is 0.0729. The van der Waals surface area contributed by atoms with Crippen LogP contribution in [0.5, 0.6) is 0 Å². The van der Waals surface area contributed by atoms with Gasteiger partial charge in [-0.15, -0.1) is 0 Å². The van der Waals surface area contributed by atoms with E-state index in [1.807, 2.05) is 0 Å². The fourth-order valence-electron chi connectivity index (χ4n) is 3.98. The van der Waals surface area contributed by atoms with E-state index >= 15 is 0 Å². The molecule has 0 aromatic rings. The molecule has 2 fully saturated rings. The Morgan fingerprint density at radius 1 is 0.933 bits per heavy atom. The molecule has 88 valence electrons. The molecule has 3 unspecified atom stereocenters. The van der Waals surface area contributed by atoms with E-state index < -0.39 is 0 Å². The molecular weight excluding hydrogens is 188 g/mol. The van der Waals surface area contributed by atoms with Gasteiger partial charge in [-0.25, -0.2) is 0 Å². The summed E-state index contributed by atoms with van der Waals surface area (Å²) in [5.41, 5.74) is 0.0729. The van der Waals surface area contributed by atoms with E-state index in [-0.39, 0.29) is 12.0 Å². The molecule has 2 aliphatic rings. The van der Waals surface area contributed by atoms with Crippen molar-refractivity contribution in [3.8, 4) is 0 Å². The molecule has 0 saturated heterocycles. The summed E-state index contributed by atoms with van der Waals surface area (Å²) in [6.07, 6.45) is 9.91. The van der Waals surface area contributed by atoms with E-state index in [1.165, 1.54) is 38.5 Å². The van der Waals surface area contributed by atoms with E-state index in [0.717, 1.165) is 12.8 Å². The van der Waals surface area contributed by atoms with Crippen LogP contribution < -0.4 is 0 Å². The van der Waals surface area contributed by atoms with Crippen molar-refractivity contribution in [3.63, 3.8) is 0 Å². The van der Waals surface area contributed by atoms with Gasteiger partial charge in [-0.1, -0.05) is 25.7 Å². The van der Waals surface area contributed by atoms with Gasteiger partial charge in [0.05, 0.1) is 0 Å². The topological polar surface area (TPSA) is 40.5 Å². The molecule has 0 aromatic heterocycles. The second kappa shape index (κ2) is 4.84. The number of hydrogen-bond donors (Lipinski definition) is 2. The summed E-state index contributed by atoms with van der Waals surface area (Å²) in [6, 6.07) is 0. The van der Waals surface area contributed by atoms with Crippen LogP contribution in [0.1, 0.15) is 51.4 Å². The lowest BCUT2D eigenvalue weighted by Gasteiger charge is -2.46. The molecule has 0 aromatic carbocycles. The molecule has 0 heterocycles. The predicted molar refractivity (Wildman–Crippen MR) is 60.5 cm³/mol. The fourth-order valence-corrected chi connectivity index (χ4v) is 3.98. The Bertz CT molecular complexity index is 195. The zero-order valence-corrected chi connectivity index (χ0v) is 9.62. The fraction of sp³-hybridized carbons (Fsp3) is 1.00. The number of aliphatic hydroxyl groups is 2. The quantitative estimate of drug-likeness (QED) is 0.737. The zero-order chi connectivity index (χ0) is 10.7. The summed E-state index contributed by atoms with van der Waals surface area (Å²) in [4.78, 5) is 0. The smallest absolute Gasteiger partial charge is 0.0493 e. The lowest BCUT2D eigenvalue weighted by atomic mass is 9.59. The number of fused-ring (bicyclic) bond motifs is 1. The molecule has 0 aliphatic heterocycles. The van der Waals surface area contributed by atoms with Crippen LogP contribution in [0.3, 0.4) is 0 Å². The van der Waals surface area contributed by atoms with Gasteiger partial charge >= 0.3 is 0 Å². The standard InChI is InChI=1S/C13H24O2/c14-9-12-7-2-1-5-11-6-3-4-8-13(11,12)10-15/h11-12,14-15H,1-10H2. The molecule has 2 N–H and O–H groups in total. The minimum atomic E-state index is 0.0729. The van der Waals surface area contributed by atoms with Crippen LogP contribution in [-0.4, -0.2) is 23.4 Å². The highest BCUT2D eigenvalue weighted by Crippen LogP contribution is 2.51. The van der Waals surface area contributed by atoms with Gasteiger partial charge in [0.25, 0.3) is 0 Å². The molecule has 2 saturated carbocycles. The van der Waals surface area contributed by atoms with Crippen molar-refractivity contribution in [2.75, 3.05) is 13.2 Å². The first kappa shape index (κ1) is 11.4. The first-order chi connectivity index (χ1) is 7.33. The summed E-state index contributed by atoms with van der Waals surface area (Å²) < 4.78 is 0. The first-order valence-corrected chi connectivity index (χ1v) is 6.55. The molecular formula is C13H24O2. The second-order valence-electron chi connectivity index (χ2n) is 5.50. The molecule has 2 nitrogen and oxygen atoms in total. The van der Waals surface area contributed by atoms with Gasteiger partial charge in [0, 0.05) is 18.6 Å². The molecule has 0 bridgehead atoms. The Kier molecular flexibility index (Phi) is 3.68. The van der Waals surface area contributed by atoms with Crippen molar-refractivity contribution >= 4 is 0 Å². The van der Waals surface area contributed by atoms with Gasteiger partial charge in [0.15, 0.2) is 0 Å². The predicted octanol–water partition coefficient (Wildman–Crippen LogP) is 2.34. The van der Waals surface area contributed by atoms with Crippen LogP contribution in [0, 0.1) is 17.3 Å². The highest BCUT2D eigenvalue weighted by molar-refractivity contribution is 4.95. The van der Waals surface area contributed by atoms with Crippen molar-refractivity contribution in [2.24, 2.45) is 17.3 Å². The third-order valence-corrected chi connectivity index (χ3v) is 4.94. The maximum absolute atomic E-state index is 9.79. The molecule has 3 atom stereocenters. The molecule has 2 aliphatic carbocycles. The van der Waals surface area contributed by atoms with Crippen LogP contribution in [-0.2, 0) is 0 Å². The Hall–Kier alpha value is -0.0800. The molecule has 15 heavy (non-hydrogen) atoms. The van der Waals surface area contributed by atoms with E-state index in [0.29, 0.717) is 18.4 Å². The maximum Gasteiger partial charge on any atom is 0.0493 e. The third-order valence-electron chi connectivity index (χ3n) is 4.94. The maximum atomic E-state index is 9.79. The Morgan fingerprint density at radius 3 is 2.27 bits per heavy atom. The molecule has 0 radical (unpaired) electrons. The highest BCUT2D eigenvalue weighted by atomic mass is 16.3. The largest absolute Gasteiger partial charge is 0.396 e. The molecule has 0 spiro atoms. The second-order valence-corrected chi connectivity index (χ2v) is 5.50. The van der Waals surface area contributed by atoms with Crippen LogP contribution >= 0.6 is 0 Å². The zero-order valence-electron chi connectivity index (χ0n) is 9.62. The van der Waals surface area contributed by atoms with Crippen molar-refractivity contribution in [1.29, 1.82) is 0 Å². The normalized spacial score (nSPS) is 42.0. The summed E-state index contributed by atoms with van der Waals surface area (Å²) in [7, 11) is 0. The van der Waals surface area contributed by atoms with E-state index in [4.69, 9.17) is 0 Å². The third kappa shape index (κ3) is 1.94. The van der Waals surface area contributed by atoms with Crippen molar-refractivity contribution in [2.45, 2.75) is 51.4 Å². The van der Waals surface area contributed by atoms with Gasteiger partial charge in [-0.3, -0.25) is 0 Å². The van der Waals surface area contributed by atoms with Crippen LogP contribution in [0.4, 0.5) is 0 Å². The first-order valence-electron chi connectivity index (χ1n) is 6.55. The summed E-state index contributed by atoms with van der Waals surface area (Å²) in [6.45, 7) is 0.569. The van der Waals surface area contributed by atoms with Crippen molar-refractivity contribution < 1.29 is 10.2 Å². The Labute approximate surface area is 92.7 Å². The number of rotatable bonds is 2. The number of aliphatic hydroxyl groups excluding tert-OH is 2. The minimum Gasteiger partial charge on any atom is -0.396 e. The van der Waals surface area contributed by atoms with Crippen LogP contribution in [0.15, 0.2) is 0 Å². The Balaban J connectivity index is 2.22. The lowest BCUT2D eigenvalue weighted by molar-refractivity contribution is -0.0467. The molecule has 2 rings (SSSR count). The van der Waals surface area contributed by atoms with Crippen molar-refractivity contribution in [3.05, 3.63) is 0 Å². The number of hydrogen-bond acceptors (Lipinski definition) is 2. The molecule has 2 heteroatoms. The highest BCUT2D eigenvalue weighted by Gasteiger charge is 2.46. The van der Waals surface area contributed by atoms with E-state index in [9.17, 15) is 10.2 Å². The SMILES string of the molecule is OCC1CCCCC2CCCCC12CO. The summed E-state index contributed by atoms with van der Waals surface area (Å²) in [5, 5.41) is 19.3. The average Bonchev–Trinajstić information content (AvgIpc) is 2.48. The van der Waals surface area contributed by atoms with Crippen LogP contribution in [0.2, 0.25) is 0 Å². The summed E-state index contributed by atoms with van der Waals surface area (Å²) in [5.74, 6) is 1.03. The Morgan fingerprint density at radius 2 is 1.60 bits per heavy atom.